The van der Waals surface area contributed by atoms with Crippen LogP contribution in [0.15, 0.2) is 59.5 Å². The number of hydrogen-bond donors (Lipinski definition) is 0. The molecule has 1 atom stereocenters. The molecule has 1 aromatic heterocycles. The SMILES string of the molecule is COC(=O)CCCOc1ccc(C(CC(=O)c2ccc(=O)n(C)c2)c2ccc(Cl)cc2C)cc1F. The number of hydrogen-bond acceptors (Lipinski definition) is 5. The number of aromatic nitrogens is 1. The van der Waals surface area contributed by atoms with E-state index >= 15 is 0 Å². The maximum atomic E-state index is 14.9. The quantitative estimate of drug-likeness (QED) is 0.217. The van der Waals surface area contributed by atoms with Crippen molar-refractivity contribution >= 4 is 23.4 Å². The van der Waals surface area contributed by atoms with Gasteiger partial charge >= 0.3 is 5.97 Å². The molecule has 184 valence electrons. The van der Waals surface area contributed by atoms with Crippen molar-refractivity contribution in [1.29, 1.82) is 0 Å². The van der Waals surface area contributed by atoms with Crippen LogP contribution in [0.4, 0.5) is 4.39 Å². The molecule has 0 fully saturated rings. The van der Waals surface area contributed by atoms with Crippen LogP contribution in [0.1, 0.15) is 52.2 Å². The lowest BCUT2D eigenvalue weighted by molar-refractivity contribution is -0.140. The van der Waals surface area contributed by atoms with Gasteiger partial charge in [0.2, 0.25) is 5.56 Å². The maximum Gasteiger partial charge on any atom is 0.305 e. The number of carbonyl (C=O) groups excluding carboxylic acids is 2. The first-order valence-electron chi connectivity index (χ1n) is 11.1. The molecule has 3 aromatic rings. The Balaban J connectivity index is 1.88. The largest absolute Gasteiger partial charge is 0.491 e. The predicted molar refractivity (Wildman–Crippen MR) is 132 cm³/mol. The van der Waals surface area contributed by atoms with Gasteiger partial charge in [0.05, 0.1) is 13.7 Å². The topological polar surface area (TPSA) is 74.6 Å². The zero-order valence-corrected chi connectivity index (χ0v) is 20.6. The first-order valence-corrected chi connectivity index (χ1v) is 11.5. The molecular formula is C27H27ClFNO5. The van der Waals surface area contributed by atoms with Crippen LogP contribution in [-0.2, 0) is 16.6 Å². The van der Waals surface area contributed by atoms with Crippen molar-refractivity contribution in [2.75, 3.05) is 13.7 Å². The summed E-state index contributed by atoms with van der Waals surface area (Å²) in [6, 6.07) is 12.8. The van der Waals surface area contributed by atoms with Gasteiger partial charge in [0.25, 0.3) is 0 Å². The molecule has 2 aromatic carbocycles. The van der Waals surface area contributed by atoms with Crippen LogP contribution < -0.4 is 10.3 Å². The third-order valence-corrected chi connectivity index (χ3v) is 6.01. The molecule has 8 heteroatoms. The zero-order valence-electron chi connectivity index (χ0n) is 19.8. The fourth-order valence-electron chi connectivity index (χ4n) is 3.85. The second-order valence-corrected chi connectivity index (χ2v) is 8.70. The van der Waals surface area contributed by atoms with Gasteiger partial charge in [0.15, 0.2) is 17.3 Å². The number of benzene rings is 2. The highest BCUT2D eigenvalue weighted by atomic mass is 35.5. The standard InChI is InChI=1S/C27H27ClFNO5/c1-17-13-20(28)8-9-21(17)22(15-24(31)19-7-11-26(32)30(2)16-19)18-6-10-25(23(29)14-18)35-12-4-5-27(33)34-3/h6-11,13-14,16,22H,4-5,12,15H2,1-3H3. The Bertz CT molecular complexity index is 1290. The molecule has 1 unspecified atom stereocenters. The summed E-state index contributed by atoms with van der Waals surface area (Å²) in [5.41, 5.74) is 2.51. The van der Waals surface area contributed by atoms with Crippen LogP contribution in [0, 0.1) is 12.7 Å². The Hall–Kier alpha value is -3.45. The van der Waals surface area contributed by atoms with Crippen molar-refractivity contribution in [3.05, 3.63) is 98.2 Å². The summed E-state index contributed by atoms with van der Waals surface area (Å²) in [6.45, 7) is 2.05. The smallest absolute Gasteiger partial charge is 0.305 e. The predicted octanol–water partition coefficient (Wildman–Crippen LogP) is 5.22. The van der Waals surface area contributed by atoms with Crippen LogP contribution in [0.3, 0.4) is 0 Å². The Morgan fingerprint density at radius 2 is 1.89 bits per heavy atom. The molecule has 6 nitrogen and oxygen atoms in total. The number of pyridine rings is 1. The van der Waals surface area contributed by atoms with E-state index in [1.165, 1.54) is 42.1 Å². The molecule has 0 aliphatic heterocycles. The second-order valence-electron chi connectivity index (χ2n) is 8.27. The van der Waals surface area contributed by atoms with Crippen molar-refractivity contribution in [1.82, 2.24) is 4.57 Å². The molecule has 0 saturated heterocycles. The van der Waals surface area contributed by atoms with Crippen molar-refractivity contribution in [2.45, 2.75) is 32.1 Å². The number of rotatable bonds is 10. The van der Waals surface area contributed by atoms with E-state index in [1.807, 2.05) is 13.0 Å². The number of methoxy groups -OCH3 is 1. The summed E-state index contributed by atoms with van der Waals surface area (Å²) in [5, 5.41) is 0.566. The van der Waals surface area contributed by atoms with Crippen LogP contribution in [0.2, 0.25) is 5.02 Å². The van der Waals surface area contributed by atoms with Crippen LogP contribution in [0.25, 0.3) is 0 Å². The monoisotopic (exact) mass is 499 g/mol. The molecule has 1 heterocycles. The number of esters is 1. The normalized spacial score (nSPS) is 11.7. The number of ether oxygens (including phenoxy) is 2. The van der Waals surface area contributed by atoms with Gasteiger partial charge < -0.3 is 14.0 Å². The van der Waals surface area contributed by atoms with Gasteiger partial charge in [0, 0.05) is 48.7 Å². The van der Waals surface area contributed by atoms with Crippen LogP contribution in [-0.4, -0.2) is 30.0 Å². The second kappa shape index (κ2) is 11.8. The molecule has 35 heavy (non-hydrogen) atoms. The minimum absolute atomic E-state index is 0.0644. The average Bonchev–Trinajstić information content (AvgIpc) is 2.83. The number of Topliss-reactive ketones (excluding diaryl/α,β-unsaturated/α-hetero) is 1. The Labute approximate surface area is 208 Å². The third kappa shape index (κ3) is 6.79. The van der Waals surface area contributed by atoms with Gasteiger partial charge in [-0.1, -0.05) is 23.7 Å². The van der Waals surface area contributed by atoms with Gasteiger partial charge in [-0.05, 0) is 60.4 Å². The Morgan fingerprint density at radius 1 is 1.11 bits per heavy atom. The summed E-state index contributed by atoms with van der Waals surface area (Å²) < 4.78 is 26.4. The van der Waals surface area contributed by atoms with Crippen molar-refractivity contribution in [3.63, 3.8) is 0 Å². The summed E-state index contributed by atoms with van der Waals surface area (Å²) in [6.07, 6.45) is 2.15. The number of aryl methyl sites for hydroxylation is 2. The summed E-state index contributed by atoms with van der Waals surface area (Å²) >= 11 is 6.13. The Kier molecular flexibility index (Phi) is 8.82. The lowest BCUT2D eigenvalue weighted by atomic mass is 9.84. The van der Waals surface area contributed by atoms with Crippen molar-refractivity contribution < 1.29 is 23.5 Å². The van der Waals surface area contributed by atoms with Gasteiger partial charge in [-0.3, -0.25) is 14.4 Å². The highest BCUT2D eigenvalue weighted by molar-refractivity contribution is 6.30. The average molecular weight is 500 g/mol. The van der Waals surface area contributed by atoms with E-state index in [-0.39, 0.29) is 42.5 Å². The van der Waals surface area contributed by atoms with Crippen molar-refractivity contribution in [2.24, 2.45) is 7.05 Å². The van der Waals surface area contributed by atoms with Crippen LogP contribution in [0.5, 0.6) is 5.75 Å². The molecule has 0 aliphatic rings. The van der Waals surface area contributed by atoms with E-state index in [1.54, 1.807) is 25.2 Å². The molecule has 0 N–H and O–H groups in total. The van der Waals surface area contributed by atoms with Gasteiger partial charge in [-0.2, -0.15) is 0 Å². The fourth-order valence-corrected chi connectivity index (χ4v) is 4.08. The molecule has 0 bridgehead atoms. The lowest BCUT2D eigenvalue weighted by Gasteiger charge is -2.21. The third-order valence-electron chi connectivity index (χ3n) is 5.77. The van der Waals surface area contributed by atoms with Gasteiger partial charge in [-0.25, -0.2) is 4.39 Å². The summed E-state index contributed by atoms with van der Waals surface area (Å²) in [5.74, 6) is -1.47. The van der Waals surface area contributed by atoms with E-state index in [0.717, 1.165) is 11.1 Å². The molecule has 0 saturated carbocycles. The number of ketones is 1. The Morgan fingerprint density at radius 3 is 2.54 bits per heavy atom. The number of carbonyl (C=O) groups is 2. The summed E-state index contributed by atoms with van der Waals surface area (Å²) in [4.78, 5) is 36.1. The van der Waals surface area contributed by atoms with Crippen LogP contribution >= 0.6 is 11.6 Å². The molecule has 0 amide bonds. The number of nitrogens with zero attached hydrogens (tertiary/aromatic N) is 1. The molecule has 0 aliphatic carbocycles. The van der Waals surface area contributed by atoms with E-state index in [9.17, 15) is 18.8 Å². The van der Waals surface area contributed by atoms with Gasteiger partial charge in [0.1, 0.15) is 0 Å². The first-order chi connectivity index (χ1) is 16.7. The van der Waals surface area contributed by atoms with E-state index in [4.69, 9.17) is 16.3 Å². The summed E-state index contributed by atoms with van der Waals surface area (Å²) in [7, 11) is 2.89. The minimum Gasteiger partial charge on any atom is -0.491 e. The van der Waals surface area contributed by atoms with Crippen molar-refractivity contribution in [3.8, 4) is 5.75 Å². The maximum absolute atomic E-state index is 14.9. The fraction of sp³-hybridized carbons (Fsp3) is 0.296. The first kappa shape index (κ1) is 26.2. The molecule has 0 radical (unpaired) electrons. The molecule has 3 rings (SSSR count). The minimum atomic E-state index is -0.563. The van der Waals surface area contributed by atoms with E-state index < -0.39 is 11.7 Å². The van der Waals surface area contributed by atoms with Gasteiger partial charge in [-0.15, -0.1) is 0 Å². The highest BCUT2D eigenvalue weighted by Crippen LogP contribution is 2.34. The number of halogens is 2. The highest BCUT2D eigenvalue weighted by Gasteiger charge is 2.23. The zero-order chi connectivity index (χ0) is 25.5. The molecular weight excluding hydrogens is 473 g/mol. The van der Waals surface area contributed by atoms with E-state index in [0.29, 0.717) is 22.6 Å². The lowest BCUT2D eigenvalue weighted by Crippen LogP contribution is -2.18. The molecule has 0 spiro atoms. The van der Waals surface area contributed by atoms with E-state index in [2.05, 4.69) is 4.74 Å².